The summed E-state index contributed by atoms with van der Waals surface area (Å²) in [6, 6.07) is 8.39. The smallest absolute Gasteiger partial charge is 0.218 e. The Labute approximate surface area is 121 Å². The monoisotopic (exact) mass is 294 g/mol. The van der Waals surface area contributed by atoms with E-state index in [2.05, 4.69) is 11.9 Å². The Morgan fingerprint density at radius 1 is 1.10 bits per heavy atom. The molecule has 0 N–H and O–H groups in total. The molecule has 3 rings (SSSR count). The molecule has 2 fully saturated rings. The number of nitrogens with zero attached hydrogens (tertiary/aromatic N) is 2. The summed E-state index contributed by atoms with van der Waals surface area (Å²) in [7, 11) is -1.10. The zero-order valence-corrected chi connectivity index (χ0v) is 12.9. The van der Waals surface area contributed by atoms with Gasteiger partial charge in [-0.1, -0.05) is 29.8 Å². The summed E-state index contributed by atoms with van der Waals surface area (Å²) in [6.45, 7) is 3.69. The molecule has 4 nitrogen and oxygen atoms in total. The van der Waals surface area contributed by atoms with Crippen LogP contribution in [0, 0.1) is 6.92 Å². The highest BCUT2D eigenvalue weighted by molar-refractivity contribution is 7.88. The maximum absolute atomic E-state index is 12.6. The molecule has 20 heavy (non-hydrogen) atoms. The van der Waals surface area contributed by atoms with Crippen LogP contribution in [0.5, 0.6) is 0 Å². The van der Waals surface area contributed by atoms with Gasteiger partial charge in [0.15, 0.2) is 0 Å². The normalized spacial score (nSPS) is 27.9. The highest BCUT2D eigenvalue weighted by atomic mass is 32.2. The van der Waals surface area contributed by atoms with Crippen LogP contribution < -0.4 is 0 Å². The van der Waals surface area contributed by atoms with Gasteiger partial charge in [-0.3, -0.25) is 0 Å². The number of hydrogen-bond acceptors (Lipinski definition) is 3. The zero-order valence-electron chi connectivity index (χ0n) is 12.1. The van der Waals surface area contributed by atoms with Crippen molar-refractivity contribution in [1.29, 1.82) is 0 Å². The van der Waals surface area contributed by atoms with Crippen molar-refractivity contribution in [2.45, 2.75) is 37.6 Å². The van der Waals surface area contributed by atoms with Crippen LogP contribution in [-0.2, 0) is 15.8 Å². The van der Waals surface area contributed by atoms with Gasteiger partial charge in [0.05, 0.1) is 5.75 Å². The molecule has 2 aliphatic heterocycles. The molecule has 0 unspecified atom stereocenters. The first-order valence-corrected chi connectivity index (χ1v) is 8.83. The lowest BCUT2D eigenvalue weighted by Crippen LogP contribution is -2.39. The van der Waals surface area contributed by atoms with Gasteiger partial charge in [-0.05, 0) is 38.9 Å². The summed E-state index contributed by atoms with van der Waals surface area (Å²) >= 11 is 0. The number of likely N-dealkylation sites (tertiary alicyclic amines) is 1. The van der Waals surface area contributed by atoms with E-state index in [4.69, 9.17) is 0 Å². The second-order valence-corrected chi connectivity index (χ2v) is 7.97. The van der Waals surface area contributed by atoms with Crippen LogP contribution in [0.1, 0.15) is 24.0 Å². The third kappa shape index (κ3) is 2.50. The van der Waals surface area contributed by atoms with E-state index in [9.17, 15) is 8.42 Å². The topological polar surface area (TPSA) is 40.6 Å². The van der Waals surface area contributed by atoms with Crippen molar-refractivity contribution in [2.75, 3.05) is 20.1 Å². The molecular weight excluding hydrogens is 272 g/mol. The summed E-state index contributed by atoms with van der Waals surface area (Å²) in [5.41, 5.74) is 2.04. The molecule has 2 saturated heterocycles. The summed E-state index contributed by atoms with van der Waals surface area (Å²) in [6.07, 6.45) is 1.93. The van der Waals surface area contributed by atoms with Gasteiger partial charge in [-0.15, -0.1) is 0 Å². The number of hydrogen-bond donors (Lipinski definition) is 0. The van der Waals surface area contributed by atoms with Gasteiger partial charge in [-0.2, -0.15) is 4.31 Å². The predicted molar refractivity (Wildman–Crippen MR) is 79.9 cm³/mol. The number of rotatable bonds is 3. The fraction of sp³-hybridized carbons (Fsp3) is 0.600. The van der Waals surface area contributed by atoms with Crippen molar-refractivity contribution in [3.8, 4) is 0 Å². The van der Waals surface area contributed by atoms with Crippen LogP contribution >= 0.6 is 0 Å². The van der Waals surface area contributed by atoms with Crippen LogP contribution in [0.3, 0.4) is 0 Å². The van der Waals surface area contributed by atoms with Crippen LogP contribution in [0.25, 0.3) is 0 Å². The van der Waals surface area contributed by atoms with E-state index in [-0.39, 0.29) is 11.8 Å². The fourth-order valence-corrected chi connectivity index (χ4v) is 5.31. The van der Waals surface area contributed by atoms with Crippen molar-refractivity contribution in [3.05, 3.63) is 35.4 Å². The Bertz CT molecular complexity index is 582. The summed E-state index contributed by atoms with van der Waals surface area (Å²) < 4.78 is 27.0. The van der Waals surface area contributed by atoms with Crippen molar-refractivity contribution in [2.24, 2.45) is 0 Å². The van der Waals surface area contributed by atoms with Gasteiger partial charge in [0.25, 0.3) is 0 Å². The third-order valence-corrected chi connectivity index (χ3v) is 6.50. The molecule has 0 radical (unpaired) electrons. The molecule has 0 spiro atoms. The Balaban J connectivity index is 1.77. The summed E-state index contributed by atoms with van der Waals surface area (Å²) in [5, 5.41) is 0. The summed E-state index contributed by atoms with van der Waals surface area (Å²) in [5.74, 6) is 0.125. The van der Waals surface area contributed by atoms with Crippen molar-refractivity contribution < 1.29 is 8.42 Å². The average Bonchev–Trinajstić information content (AvgIpc) is 2.96. The Kier molecular flexibility index (Phi) is 3.60. The second kappa shape index (κ2) is 5.13. The van der Waals surface area contributed by atoms with Gasteiger partial charge < -0.3 is 4.90 Å². The maximum Gasteiger partial charge on any atom is 0.218 e. The van der Waals surface area contributed by atoms with Gasteiger partial charge in [0.2, 0.25) is 10.0 Å². The van der Waals surface area contributed by atoms with E-state index < -0.39 is 10.0 Å². The van der Waals surface area contributed by atoms with Crippen LogP contribution in [0.2, 0.25) is 0 Å². The number of likely N-dealkylation sites (N-methyl/N-ethyl adjacent to an activating group) is 1. The van der Waals surface area contributed by atoms with Gasteiger partial charge in [0.1, 0.15) is 0 Å². The molecule has 5 heteroatoms. The van der Waals surface area contributed by atoms with Crippen LogP contribution in [0.15, 0.2) is 24.3 Å². The molecule has 0 aliphatic carbocycles. The lowest BCUT2D eigenvalue weighted by atomic mass is 10.1. The number of fused-ring (bicyclic) bond motifs is 1. The molecular formula is C15H22N2O2S. The maximum atomic E-state index is 12.6. The van der Waals surface area contributed by atoms with Crippen molar-refractivity contribution >= 4 is 10.0 Å². The minimum Gasteiger partial charge on any atom is -0.302 e. The van der Waals surface area contributed by atoms with Gasteiger partial charge in [0, 0.05) is 18.6 Å². The lowest BCUT2D eigenvalue weighted by Gasteiger charge is -2.23. The first kappa shape index (κ1) is 14.0. The van der Waals surface area contributed by atoms with E-state index in [1.165, 1.54) is 0 Å². The molecule has 1 aromatic carbocycles. The van der Waals surface area contributed by atoms with E-state index in [0.29, 0.717) is 12.6 Å². The number of benzene rings is 1. The van der Waals surface area contributed by atoms with Gasteiger partial charge in [-0.25, -0.2) is 8.42 Å². The molecule has 0 amide bonds. The number of sulfonamides is 1. The van der Waals surface area contributed by atoms with Crippen molar-refractivity contribution in [3.63, 3.8) is 0 Å². The Morgan fingerprint density at radius 3 is 2.45 bits per heavy atom. The zero-order chi connectivity index (χ0) is 14.3. The minimum atomic E-state index is -3.20. The third-order valence-electron chi connectivity index (χ3n) is 4.63. The highest BCUT2D eigenvalue weighted by Gasteiger charge is 2.45. The van der Waals surface area contributed by atoms with Crippen LogP contribution in [-0.4, -0.2) is 49.8 Å². The standard InChI is InChI=1S/C15H22N2O2S/c1-12-3-5-13(6-4-12)11-20(18,19)17-10-8-14-15(17)7-9-16(14)2/h3-6,14-15H,7-11H2,1-2H3/t14-,15+/m0/s1. The molecule has 2 atom stereocenters. The molecule has 1 aromatic rings. The SMILES string of the molecule is Cc1ccc(CS(=O)(=O)N2CC[C@H]3[C@H]2CCN3C)cc1. The number of aryl methyl sites for hydroxylation is 1. The van der Waals surface area contributed by atoms with Crippen LogP contribution in [0.4, 0.5) is 0 Å². The van der Waals surface area contributed by atoms with Crippen molar-refractivity contribution in [1.82, 2.24) is 9.21 Å². The molecule has 0 bridgehead atoms. The molecule has 110 valence electrons. The molecule has 2 aliphatic rings. The fourth-order valence-electron chi connectivity index (χ4n) is 3.49. The minimum absolute atomic E-state index is 0.125. The Morgan fingerprint density at radius 2 is 1.75 bits per heavy atom. The van der Waals surface area contributed by atoms with E-state index in [1.54, 1.807) is 4.31 Å². The van der Waals surface area contributed by atoms with Gasteiger partial charge >= 0.3 is 0 Å². The average molecular weight is 294 g/mol. The first-order valence-electron chi connectivity index (χ1n) is 7.23. The lowest BCUT2D eigenvalue weighted by molar-refractivity contribution is 0.300. The predicted octanol–water partition coefficient (Wildman–Crippen LogP) is 1.60. The molecule has 2 heterocycles. The molecule has 0 aromatic heterocycles. The van der Waals surface area contributed by atoms with E-state index in [1.807, 2.05) is 31.2 Å². The second-order valence-electron chi connectivity index (χ2n) is 6.05. The quantitative estimate of drug-likeness (QED) is 0.850. The largest absolute Gasteiger partial charge is 0.302 e. The summed E-state index contributed by atoms with van der Waals surface area (Å²) in [4.78, 5) is 2.30. The van der Waals surface area contributed by atoms with E-state index >= 15 is 0 Å². The molecule has 0 saturated carbocycles. The highest BCUT2D eigenvalue weighted by Crippen LogP contribution is 2.33. The van der Waals surface area contributed by atoms with E-state index in [0.717, 1.165) is 30.5 Å². The first-order chi connectivity index (χ1) is 9.47. The Hall–Kier alpha value is -0.910.